The van der Waals surface area contributed by atoms with Gasteiger partial charge in [0.2, 0.25) is 0 Å². The van der Waals surface area contributed by atoms with Crippen molar-refractivity contribution in [2.24, 2.45) is 11.8 Å². The van der Waals surface area contributed by atoms with Crippen molar-refractivity contribution in [3.8, 4) is 0 Å². The molecule has 0 saturated carbocycles. The van der Waals surface area contributed by atoms with Gasteiger partial charge in [-0.25, -0.2) is 9.13 Å². The molecular formula is C81H158O17P2. The largest absolute Gasteiger partial charge is 0.472 e. The van der Waals surface area contributed by atoms with Crippen molar-refractivity contribution in [1.29, 1.82) is 0 Å². The summed E-state index contributed by atoms with van der Waals surface area (Å²) in [5, 5.41) is 10.6. The number of aliphatic hydroxyl groups is 1. The summed E-state index contributed by atoms with van der Waals surface area (Å²) in [4.78, 5) is 73.0. The quantitative estimate of drug-likeness (QED) is 0.0222. The first-order valence-electron chi connectivity index (χ1n) is 42.0. The van der Waals surface area contributed by atoms with Gasteiger partial charge in [-0.2, -0.15) is 0 Å². The summed E-state index contributed by atoms with van der Waals surface area (Å²) < 4.78 is 68.7. The summed E-state index contributed by atoms with van der Waals surface area (Å²) in [6, 6.07) is 0. The van der Waals surface area contributed by atoms with Crippen LogP contribution in [0.5, 0.6) is 0 Å². The summed E-state index contributed by atoms with van der Waals surface area (Å²) in [5.41, 5.74) is 0. The van der Waals surface area contributed by atoms with E-state index in [9.17, 15) is 43.2 Å². The first kappa shape index (κ1) is 98.1. The minimum atomic E-state index is -4.96. The third kappa shape index (κ3) is 74.3. The number of aliphatic hydroxyl groups excluding tert-OH is 1. The van der Waals surface area contributed by atoms with Crippen molar-refractivity contribution >= 4 is 39.5 Å². The Labute approximate surface area is 613 Å². The van der Waals surface area contributed by atoms with Gasteiger partial charge in [-0.15, -0.1) is 0 Å². The van der Waals surface area contributed by atoms with E-state index in [0.29, 0.717) is 31.6 Å². The molecule has 2 unspecified atom stereocenters. The fourth-order valence-electron chi connectivity index (χ4n) is 12.5. The number of esters is 4. The maximum absolute atomic E-state index is 13.1. The molecule has 5 atom stereocenters. The average molecular weight is 1470 g/mol. The van der Waals surface area contributed by atoms with Crippen molar-refractivity contribution in [3.63, 3.8) is 0 Å². The fraction of sp³-hybridized carbons (Fsp3) is 0.951. The summed E-state index contributed by atoms with van der Waals surface area (Å²) in [7, 11) is -9.92. The molecule has 17 nitrogen and oxygen atoms in total. The highest BCUT2D eigenvalue weighted by Gasteiger charge is 2.30. The van der Waals surface area contributed by atoms with Gasteiger partial charge < -0.3 is 33.8 Å². The number of rotatable bonds is 80. The van der Waals surface area contributed by atoms with Gasteiger partial charge in [0.1, 0.15) is 19.3 Å². The Morgan fingerprint density at radius 1 is 0.270 bits per heavy atom. The molecule has 0 aliphatic carbocycles. The number of unbranched alkanes of at least 4 members (excludes halogenated alkanes) is 50. The molecule has 19 heteroatoms. The first-order chi connectivity index (χ1) is 48.4. The van der Waals surface area contributed by atoms with Crippen LogP contribution in [-0.4, -0.2) is 96.7 Å². The lowest BCUT2D eigenvalue weighted by molar-refractivity contribution is -0.161. The Balaban J connectivity index is 5.24. The Hall–Kier alpha value is -1.94. The van der Waals surface area contributed by atoms with Crippen molar-refractivity contribution < 1.29 is 80.2 Å². The third-order valence-electron chi connectivity index (χ3n) is 19.0. The fourth-order valence-corrected chi connectivity index (χ4v) is 14.1. The molecule has 0 aromatic heterocycles. The molecule has 594 valence electrons. The van der Waals surface area contributed by atoms with Gasteiger partial charge in [-0.05, 0) is 37.5 Å². The monoisotopic (exact) mass is 1470 g/mol. The zero-order chi connectivity index (χ0) is 73.5. The average Bonchev–Trinajstić information content (AvgIpc) is 0.916. The summed E-state index contributed by atoms with van der Waals surface area (Å²) in [5.74, 6) is -0.639. The molecule has 0 radical (unpaired) electrons. The minimum Gasteiger partial charge on any atom is -0.462 e. The molecule has 0 aromatic rings. The van der Waals surface area contributed by atoms with E-state index >= 15 is 0 Å². The lowest BCUT2D eigenvalue weighted by atomic mass is 10.0. The predicted molar refractivity (Wildman–Crippen MR) is 409 cm³/mol. The van der Waals surface area contributed by atoms with Crippen LogP contribution >= 0.6 is 15.6 Å². The Kier molecular flexibility index (Phi) is 71.2. The van der Waals surface area contributed by atoms with Gasteiger partial charge in [0.15, 0.2) is 12.2 Å². The van der Waals surface area contributed by atoms with E-state index in [1.807, 2.05) is 0 Å². The molecule has 0 bridgehead atoms. The highest BCUT2D eigenvalue weighted by Crippen LogP contribution is 2.45. The van der Waals surface area contributed by atoms with Gasteiger partial charge in [0, 0.05) is 25.7 Å². The van der Waals surface area contributed by atoms with Crippen molar-refractivity contribution in [1.82, 2.24) is 0 Å². The second-order valence-electron chi connectivity index (χ2n) is 30.1. The van der Waals surface area contributed by atoms with Crippen LogP contribution in [0.15, 0.2) is 0 Å². The number of hydrogen-bond donors (Lipinski definition) is 3. The molecule has 0 rings (SSSR count). The molecule has 0 fully saturated rings. The van der Waals surface area contributed by atoms with Gasteiger partial charge in [0.05, 0.1) is 26.4 Å². The standard InChI is InChI=1S/C81H158O17P2/c1-7-9-11-13-15-17-19-21-23-25-27-29-31-35-39-45-51-57-63-78(83)91-69-76(97-80(85)65-59-53-46-40-36-32-30-28-26-24-22-20-18-16-14-12-10-8-2)71-95-99(87,88)93-67-75(82)68-94-100(89,90)96-72-77(70-92-79(84)64-58-52-48-42-44-50-56-62-74(5)6)98-81(86)66-60-54-47-41-37-33-34-38-43-49-55-61-73(3)4/h73-77,82H,7-72H2,1-6H3,(H,87,88)(H,89,90)/t75-,76-,77-/m1/s1. The molecule has 0 aliphatic heterocycles. The maximum atomic E-state index is 13.1. The van der Waals surface area contributed by atoms with Crippen LogP contribution in [0.3, 0.4) is 0 Å². The molecule has 0 aromatic carbocycles. The van der Waals surface area contributed by atoms with E-state index in [-0.39, 0.29) is 25.7 Å². The molecular weight excluding hydrogens is 1310 g/mol. The Morgan fingerprint density at radius 3 is 0.680 bits per heavy atom. The number of phosphoric acid groups is 2. The molecule has 0 amide bonds. The maximum Gasteiger partial charge on any atom is 0.472 e. The second kappa shape index (κ2) is 72.6. The van der Waals surface area contributed by atoms with Crippen molar-refractivity contribution in [2.45, 2.75) is 445 Å². The summed E-state index contributed by atoms with van der Waals surface area (Å²) in [6.07, 6.45) is 62.6. The zero-order valence-electron chi connectivity index (χ0n) is 65.5. The van der Waals surface area contributed by atoms with Gasteiger partial charge in [-0.1, -0.05) is 375 Å². The first-order valence-corrected chi connectivity index (χ1v) is 45.0. The number of phosphoric ester groups is 2. The van der Waals surface area contributed by atoms with E-state index in [1.54, 1.807) is 0 Å². The SMILES string of the molecule is CCCCCCCCCCCCCCCCCCCCC(=O)OC[C@H](COP(=O)(O)OC[C@@H](O)COP(=O)(O)OC[C@@H](COC(=O)CCCCCCCCCC(C)C)OC(=O)CCCCCCCCCCCCCC(C)C)OC(=O)CCCCCCCCCCCCCCCCCCCC. The number of carbonyl (C=O) groups excluding carboxylic acids is 4. The van der Waals surface area contributed by atoms with E-state index in [0.717, 1.165) is 102 Å². The van der Waals surface area contributed by atoms with Crippen LogP contribution in [0.2, 0.25) is 0 Å². The van der Waals surface area contributed by atoms with E-state index in [4.69, 9.17) is 37.0 Å². The van der Waals surface area contributed by atoms with Gasteiger partial charge in [0.25, 0.3) is 0 Å². The van der Waals surface area contributed by atoms with Crippen LogP contribution in [-0.2, 0) is 65.4 Å². The normalized spacial score (nSPS) is 13.9. The van der Waals surface area contributed by atoms with Gasteiger partial charge >= 0.3 is 39.5 Å². The smallest absolute Gasteiger partial charge is 0.462 e. The third-order valence-corrected chi connectivity index (χ3v) is 20.9. The highest BCUT2D eigenvalue weighted by molar-refractivity contribution is 7.47. The minimum absolute atomic E-state index is 0.106. The Morgan fingerprint density at radius 2 is 0.460 bits per heavy atom. The lowest BCUT2D eigenvalue weighted by Crippen LogP contribution is -2.30. The van der Waals surface area contributed by atoms with Crippen LogP contribution in [0.1, 0.15) is 427 Å². The number of hydrogen-bond acceptors (Lipinski definition) is 15. The van der Waals surface area contributed by atoms with Crippen LogP contribution in [0.4, 0.5) is 0 Å². The molecule has 0 saturated heterocycles. The molecule has 3 N–H and O–H groups in total. The summed E-state index contributed by atoms with van der Waals surface area (Å²) >= 11 is 0. The van der Waals surface area contributed by atoms with E-state index in [2.05, 4.69) is 41.5 Å². The second-order valence-corrected chi connectivity index (χ2v) is 33.0. The Bertz CT molecular complexity index is 1920. The summed E-state index contributed by atoms with van der Waals surface area (Å²) in [6.45, 7) is 9.58. The zero-order valence-corrected chi connectivity index (χ0v) is 67.3. The van der Waals surface area contributed by atoms with Gasteiger partial charge in [-0.3, -0.25) is 37.3 Å². The van der Waals surface area contributed by atoms with Crippen molar-refractivity contribution in [2.75, 3.05) is 39.6 Å². The lowest BCUT2D eigenvalue weighted by Gasteiger charge is -2.21. The molecule has 100 heavy (non-hydrogen) atoms. The topological polar surface area (TPSA) is 237 Å². The van der Waals surface area contributed by atoms with Crippen LogP contribution in [0, 0.1) is 11.8 Å². The molecule has 0 spiro atoms. The highest BCUT2D eigenvalue weighted by atomic mass is 31.2. The van der Waals surface area contributed by atoms with Crippen molar-refractivity contribution in [3.05, 3.63) is 0 Å². The van der Waals surface area contributed by atoms with Crippen LogP contribution in [0.25, 0.3) is 0 Å². The van der Waals surface area contributed by atoms with E-state index < -0.39 is 97.5 Å². The molecule has 0 heterocycles. The predicted octanol–water partition coefficient (Wildman–Crippen LogP) is 24.3. The van der Waals surface area contributed by atoms with Crippen LogP contribution < -0.4 is 0 Å². The number of carbonyl (C=O) groups is 4. The number of ether oxygens (including phenoxy) is 4. The van der Waals surface area contributed by atoms with E-state index in [1.165, 1.54) is 238 Å². The molecule has 0 aliphatic rings.